The lowest BCUT2D eigenvalue weighted by molar-refractivity contribution is 0.0991. The fourth-order valence-corrected chi connectivity index (χ4v) is 3.36. The molecule has 0 saturated carbocycles. The second-order valence-electron chi connectivity index (χ2n) is 8.04. The number of Topliss-reactive ketones (excluding diaryl/α,β-unsaturated/α-hetero) is 1. The van der Waals surface area contributed by atoms with Crippen LogP contribution in [0.3, 0.4) is 0 Å². The van der Waals surface area contributed by atoms with Crippen LogP contribution in [0.25, 0.3) is 0 Å². The summed E-state index contributed by atoms with van der Waals surface area (Å²) in [5.41, 5.74) is 2.07. The van der Waals surface area contributed by atoms with E-state index in [9.17, 15) is 4.79 Å². The maximum absolute atomic E-state index is 12.7. The number of hydrogen-bond acceptors (Lipinski definition) is 5. The van der Waals surface area contributed by atoms with Crippen molar-refractivity contribution in [3.8, 4) is 5.75 Å². The van der Waals surface area contributed by atoms with Gasteiger partial charge >= 0.3 is 0 Å². The van der Waals surface area contributed by atoms with Crippen molar-refractivity contribution >= 4 is 25.7 Å². The molecule has 1 heterocycles. The first kappa shape index (κ1) is 21.5. The Balaban J connectivity index is 2.20. The predicted molar refractivity (Wildman–Crippen MR) is 110 cm³/mol. The van der Waals surface area contributed by atoms with Crippen LogP contribution in [0.5, 0.6) is 5.75 Å². The maximum atomic E-state index is 12.7. The monoisotopic (exact) mass is 406 g/mol. The van der Waals surface area contributed by atoms with Crippen molar-refractivity contribution in [3.05, 3.63) is 52.6 Å². The van der Waals surface area contributed by atoms with Crippen molar-refractivity contribution in [1.29, 1.82) is 0 Å². The van der Waals surface area contributed by atoms with Gasteiger partial charge in [0.2, 0.25) is 5.28 Å². The number of rotatable bonds is 7. The number of halogens is 1. The zero-order valence-corrected chi connectivity index (χ0v) is 18.6. The average molecular weight is 407 g/mol. The fourth-order valence-electron chi connectivity index (χ4n) is 2.24. The van der Waals surface area contributed by atoms with Crippen LogP contribution in [-0.4, -0.2) is 31.2 Å². The van der Waals surface area contributed by atoms with E-state index in [1.165, 1.54) is 0 Å². The number of ketones is 1. The van der Waals surface area contributed by atoms with Crippen molar-refractivity contribution in [3.63, 3.8) is 0 Å². The van der Waals surface area contributed by atoms with Crippen molar-refractivity contribution in [2.24, 2.45) is 0 Å². The van der Waals surface area contributed by atoms with Crippen LogP contribution in [0.15, 0.2) is 30.5 Å². The number of nitrogens with zero attached hydrogens (tertiary/aromatic N) is 2. The van der Waals surface area contributed by atoms with E-state index in [0.717, 1.165) is 5.56 Å². The minimum absolute atomic E-state index is 0.0581. The number of ether oxygens (including phenoxy) is 1. The van der Waals surface area contributed by atoms with Crippen molar-refractivity contribution in [2.75, 3.05) is 7.11 Å². The van der Waals surface area contributed by atoms with Gasteiger partial charge in [-0.1, -0.05) is 20.8 Å². The molecule has 0 N–H and O–H groups in total. The van der Waals surface area contributed by atoms with E-state index in [2.05, 4.69) is 43.8 Å². The third kappa shape index (κ3) is 5.86. The Hall–Kier alpha value is -1.76. The third-order valence-electron chi connectivity index (χ3n) is 4.96. The largest absolute Gasteiger partial charge is 0.497 e. The van der Waals surface area contributed by atoms with E-state index in [1.807, 2.05) is 12.1 Å². The van der Waals surface area contributed by atoms with Crippen LogP contribution in [-0.2, 0) is 17.5 Å². The van der Waals surface area contributed by atoms with Gasteiger partial charge in [-0.25, -0.2) is 9.97 Å². The number of aromatic nitrogens is 2. The topological polar surface area (TPSA) is 61.3 Å². The second-order valence-corrected chi connectivity index (χ2v) is 13.2. The Morgan fingerprint density at radius 3 is 2.52 bits per heavy atom. The van der Waals surface area contributed by atoms with Gasteiger partial charge in [0.25, 0.3) is 0 Å². The van der Waals surface area contributed by atoms with E-state index in [-0.39, 0.29) is 22.5 Å². The molecule has 0 spiro atoms. The normalized spacial score (nSPS) is 12.1. The first-order valence-corrected chi connectivity index (χ1v) is 12.1. The van der Waals surface area contributed by atoms with Crippen LogP contribution < -0.4 is 4.74 Å². The van der Waals surface area contributed by atoms with Crippen molar-refractivity contribution in [1.82, 2.24) is 9.97 Å². The summed E-state index contributed by atoms with van der Waals surface area (Å²) in [6.45, 7) is 11.5. The molecule has 0 radical (unpaired) electrons. The van der Waals surface area contributed by atoms with E-state index in [0.29, 0.717) is 23.6 Å². The molecule has 146 valence electrons. The lowest BCUT2D eigenvalue weighted by Crippen LogP contribution is -2.40. The van der Waals surface area contributed by atoms with Gasteiger partial charge in [0.1, 0.15) is 5.75 Å². The smallest absolute Gasteiger partial charge is 0.222 e. The van der Waals surface area contributed by atoms with Crippen LogP contribution in [0.1, 0.15) is 42.4 Å². The molecular weight excluding hydrogens is 380 g/mol. The summed E-state index contributed by atoms with van der Waals surface area (Å²) >= 11 is 5.80. The van der Waals surface area contributed by atoms with Crippen molar-refractivity contribution < 1.29 is 14.0 Å². The van der Waals surface area contributed by atoms with Crippen LogP contribution in [0.4, 0.5) is 0 Å². The van der Waals surface area contributed by atoms with E-state index >= 15 is 0 Å². The van der Waals surface area contributed by atoms with Gasteiger partial charge in [-0.05, 0) is 59.6 Å². The summed E-state index contributed by atoms with van der Waals surface area (Å²) in [6.07, 6.45) is 1.69. The first-order chi connectivity index (χ1) is 12.5. The molecule has 0 unspecified atom stereocenters. The molecule has 0 fully saturated rings. The summed E-state index contributed by atoms with van der Waals surface area (Å²) < 4.78 is 11.7. The quantitative estimate of drug-likeness (QED) is 0.364. The molecule has 2 aromatic rings. The summed E-state index contributed by atoms with van der Waals surface area (Å²) in [4.78, 5) is 20.6. The van der Waals surface area contributed by atoms with Gasteiger partial charge in [-0.3, -0.25) is 4.79 Å². The molecule has 0 atom stereocenters. The second kappa shape index (κ2) is 8.50. The van der Waals surface area contributed by atoms with E-state index in [1.54, 1.807) is 25.4 Å². The summed E-state index contributed by atoms with van der Waals surface area (Å²) in [6, 6.07) is 7.19. The van der Waals surface area contributed by atoms with Gasteiger partial charge in [-0.2, -0.15) is 0 Å². The molecule has 0 aliphatic heterocycles. The first-order valence-electron chi connectivity index (χ1n) is 8.84. The fraction of sp³-hybridized carbons (Fsp3) is 0.450. The minimum atomic E-state index is -1.88. The summed E-state index contributed by atoms with van der Waals surface area (Å²) in [5.74, 6) is 0.577. The Kier molecular flexibility index (Phi) is 6.78. The van der Waals surface area contributed by atoms with Gasteiger partial charge in [-0.15, -0.1) is 0 Å². The average Bonchev–Trinajstić information content (AvgIpc) is 2.58. The van der Waals surface area contributed by atoms with Crippen LogP contribution in [0.2, 0.25) is 23.4 Å². The third-order valence-corrected chi connectivity index (χ3v) is 9.62. The zero-order valence-electron chi connectivity index (χ0n) is 16.8. The van der Waals surface area contributed by atoms with Gasteiger partial charge in [0, 0.05) is 11.8 Å². The Morgan fingerprint density at radius 1 is 1.22 bits per heavy atom. The molecule has 1 aromatic carbocycles. The lowest BCUT2D eigenvalue weighted by atomic mass is 10.0. The Labute approximate surface area is 167 Å². The van der Waals surface area contributed by atoms with E-state index in [4.69, 9.17) is 20.8 Å². The molecule has 0 saturated heterocycles. The van der Waals surface area contributed by atoms with Crippen molar-refractivity contribution in [2.45, 2.75) is 51.9 Å². The molecule has 0 bridgehead atoms. The highest BCUT2D eigenvalue weighted by Gasteiger charge is 2.37. The molecule has 1 aromatic heterocycles. The maximum Gasteiger partial charge on any atom is 0.222 e. The highest BCUT2D eigenvalue weighted by molar-refractivity contribution is 6.74. The standard InChI is InChI=1S/C20H27ClN2O3Si/c1-20(2,3)27(5,6)26-13-14-9-15(11-17(10-14)25-4)18(24)12-16-7-8-22-19(21)23-16/h7-11H,12-13H2,1-6H3. The van der Waals surface area contributed by atoms with Gasteiger partial charge in [0.05, 0.1) is 25.8 Å². The number of carbonyl (C=O) groups is 1. The molecule has 0 aliphatic rings. The number of carbonyl (C=O) groups excluding carboxylic acids is 1. The van der Waals surface area contributed by atoms with E-state index < -0.39 is 8.32 Å². The molecule has 0 aliphatic carbocycles. The van der Waals surface area contributed by atoms with Gasteiger partial charge in [0.15, 0.2) is 14.1 Å². The summed E-state index contributed by atoms with van der Waals surface area (Å²) in [5, 5.41) is 0.256. The highest BCUT2D eigenvalue weighted by Crippen LogP contribution is 2.37. The number of methoxy groups -OCH3 is 1. The minimum Gasteiger partial charge on any atom is -0.497 e. The molecule has 5 nitrogen and oxygen atoms in total. The van der Waals surface area contributed by atoms with Crippen LogP contribution >= 0.6 is 11.6 Å². The Bertz CT molecular complexity index is 819. The molecule has 27 heavy (non-hydrogen) atoms. The highest BCUT2D eigenvalue weighted by atomic mass is 35.5. The lowest BCUT2D eigenvalue weighted by Gasteiger charge is -2.36. The molecule has 2 rings (SSSR count). The molecular formula is C20H27ClN2O3Si. The molecule has 0 amide bonds. The Morgan fingerprint density at radius 2 is 1.93 bits per heavy atom. The zero-order chi connectivity index (χ0) is 20.2. The molecule has 7 heteroatoms. The number of benzene rings is 1. The van der Waals surface area contributed by atoms with Crippen LogP contribution in [0, 0.1) is 0 Å². The number of hydrogen-bond donors (Lipinski definition) is 0. The van der Waals surface area contributed by atoms with Gasteiger partial charge < -0.3 is 9.16 Å². The summed E-state index contributed by atoms with van der Waals surface area (Å²) in [7, 11) is -0.295. The SMILES string of the molecule is COc1cc(CO[Si](C)(C)C(C)(C)C)cc(C(=O)Cc2ccnc(Cl)n2)c1. The predicted octanol–water partition coefficient (Wildman–Crippen LogP) is 5.09.